The number of ether oxygens (including phenoxy) is 2. The van der Waals surface area contributed by atoms with Crippen LogP contribution in [-0.2, 0) is 4.74 Å². The van der Waals surface area contributed by atoms with Crippen molar-refractivity contribution in [3.8, 4) is 5.75 Å². The van der Waals surface area contributed by atoms with Crippen LogP contribution in [0.2, 0.25) is 0 Å². The van der Waals surface area contributed by atoms with Crippen molar-refractivity contribution in [2.75, 3.05) is 6.61 Å². The van der Waals surface area contributed by atoms with Crippen molar-refractivity contribution in [3.63, 3.8) is 0 Å². The summed E-state index contributed by atoms with van der Waals surface area (Å²) in [6, 6.07) is 17.7. The molecule has 0 aliphatic carbocycles. The summed E-state index contributed by atoms with van der Waals surface area (Å²) in [6.45, 7) is 6.31. The van der Waals surface area contributed by atoms with E-state index in [9.17, 15) is 0 Å². The summed E-state index contributed by atoms with van der Waals surface area (Å²) in [5.74, 6) is 0.778. The van der Waals surface area contributed by atoms with Gasteiger partial charge in [0.05, 0.1) is 0 Å². The van der Waals surface area contributed by atoms with Gasteiger partial charge in [-0.05, 0) is 24.6 Å². The van der Waals surface area contributed by atoms with Gasteiger partial charge in [-0.1, -0.05) is 55.1 Å². The van der Waals surface area contributed by atoms with Gasteiger partial charge < -0.3 is 9.47 Å². The average molecular weight is 254 g/mol. The highest BCUT2D eigenvalue weighted by Gasteiger charge is 2.12. The van der Waals surface area contributed by atoms with Crippen LogP contribution < -0.4 is 4.74 Å². The lowest BCUT2D eigenvalue weighted by Crippen LogP contribution is -2.11. The molecule has 2 nitrogen and oxygen atoms in total. The molecule has 2 rings (SSSR count). The smallest absolute Gasteiger partial charge is 0.226 e. The fraction of sp³-hybridized carbons (Fsp3) is 0.176. The predicted octanol–water partition coefficient (Wildman–Crippen LogP) is 4.44. The van der Waals surface area contributed by atoms with Gasteiger partial charge in [-0.25, -0.2) is 0 Å². The van der Waals surface area contributed by atoms with E-state index in [1.165, 1.54) is 0 Å². The standard InChI is InChI=1S/C17H18O2/c1-3-14-9-8-12-16(13-14)19-17(18-4-2)15-10-6-5-7-11-15/h3,5-13,17H,1,4H2,2H3. The van der Waals surface area contributed by atoms with E-state index in [-0.39, 0.29) is 6.29 Å². The van der Waals surface area contributed by atoms with Crippen LogP contribution >= 0.6 is 0 Å². The Labute approximate surface area is 114 Å². The number of benzene rings is 2. The fourth-order valence-corrected chi connectivity index (χ4v) is 1.80. The molecule has 0 aromatic heterocycles. The fourth-order valence-electron chi connectivity index (χ4n) is 1.80. The first-order chi connectivity index (χ1) is 9.33. The summed E-state index contributed by atoms with van der Waals surface area (Å²) in [5, 5.41) is 0. The van der Waals surface area contributed by atoms with Gasteiger partial charge in [0.1, 0.15) is 5.75 Å². The van der Waals surface area contributed by atoms with Crippen LogP contribution in [0, 0.1) is 0 Å². The van der Waals surface area contributed by atoms with Crippen LogP contribution in [0.25, 0.3) is 6.08 Å². The largest absolute Gasteiger partial charge is 0.461 e. The van der Waals surface area contributed by atoms with Gasteiger partial charge in [0.15, 0.2) is 0 Å². The normalized spacial score (nSPS) is 11.8. The third-order valence-corrected chi connectivity index (χ3v) is 2.73. The summed E-state index contributed by atoms with van der Waals surface area (Å²) >= 11 is 0. The molecule has 0 aliphatic rings. The van der Waals surface area contributed by atoms with Crippen LogP contribution in [-0.4, -0.2) is 6.61 Å². The first-order valence-electron chi connectivity index (χ1n) is 6.39. The highest BCUT2D eigenvalue weighted by Crippen LogP contribution is 2.24. The van der Waals surface area contributed by atoms with E-state index >= 15 is 0 Å². The van der Waals surface area contributed by atoms with Crippen molar-refractivity contribution in [3.05, 3.63) is 72.3 Å². The van der Waals surface area contributed by atoms with Gasteiger partial charge in [-0.2, -0.15) is 0 Å². The molecule has 2 aromatic rings. The van der Waals surface area contributed by atoms with Gasteiger partial charge in [-0.3, -0.25) is 0 Å². The lowest BCUT2D eigenvalue weighted by Gasteiger charge is -2.19. The van der Waals surface area contributed by atoms with E-state index in [4.69, 9.17) is 9.47 Å². The van der Waals surface area contributed by atoms with E-state index in [1.807, 2.05) is 61.5 Å². The molecule has 2 heteroatoms. The molecular weight excluding hydrogens is 236 g/mol. The molecule has 0 fully saturated rings. The third-order valence-electron chi connectivity index (χ3n) is 2.73. The van der Waals surface area contributed by atoms with E-state index < -0.39 is 0 Å². The molecule has 0 aliphatic heterocycles. The Morgan fingerprint density at radius 1 is 1.11 bits per heavy atom. The van der Waals surface area contributed by atoms with E-state index in [1.54, 1.807) is 6.08 Å². The van der Waals surface area contributed by atoms with Crippen LogP contribution in [0.4, 0.5) is 0 Å². The molecule has 19 heavy (non-hydrogen) atoms. The summed E-state index contributed by atoms with van der Waals surface area (Å²) in [6.07, 6.45) is 1.41. The number of rotatable bonds is 6. The highest BCUT2D eigenvalue weighted by atomic mass is 16.7. The molecule has 1 unspecified atom stereocenters. The molecule has 0 saturated carbocycles. The van der Waals surface area contributed by atoms with Crippen LogP contribution in [0.5, 0.6) is 5.75 Å². The highest BCUT2D eigenvalue weighted by molar-refractivity contribution is 5.49. The Balaban J connectivity index is 2.18. The summed E-state index contributed by atoms with van der Waals surface area (Å²) in [4.78, 5) is 0. The lowest BCUT2D eigenvalue weighted by atomic mass is 10.2. The quantitative estimate of drug-likeness (QED) is 0.709. The Bertz CT molecular complexity index is 520. The topological polar surface area (TPSA) is 18.5 Å². The zero-order valence-electron chi connectivity index (χ0n) is 11.1. The second-order valence-electron chi connectivity index (χ2n) is 4.09. The van der Waals surface area contributed by atoms with Crippen molar-refractivity contribution < 1.29 is 9.47 Å². The number of hydrogen-bond donors (Lipinski definition) is 0. The molecule has 98 valence electrons. The zero-order valence-corrected chi connectivity index (χ0v) is 11.1. The zero-order chi connectivity index (χ0) is 13.5. The number of hydrogen-bond acceptors (Lipinski definition) is 2. The molecule has 0 saturated heterocycles. The average Bonchev–Trinajstić information content (AvgIpc) is 2.48. The van der Waals surface area contributed by atoms with E-state index in [0.717, 1.165) is 16.9 Å². The monoisotopic (exact) mass is 254 g/mol. The molecule has 0 radical (unpaired) electrons. The molecule has 0 heterocycles. The van der Waals surface area contributed by atoms with Gasteiger partial charge in [0.2, 0.25) is 6.29 Å². The van der Waals surface area contributed by atoms with Crippen LogP contribution in [0.15, 0.2) is 61.2 Å². The summed E-state index contributed by atoms with van der Waals surface area (Å²) in [5.41, 5.74) is 2.04. The maximum Gasteiger partial charge on any atom is 0.226 e. The third kappa shape index (κ3) is 3.70. The second kappa shape index (κ2) is 6.76. The lowest BCUT2D eigenvalue weighted by molar-refractivity contribution is -0.0786. The Kier molecular flexibility index (Phi) is 4.76. The molecule has 1 atom stereocenters. The molecule has 2 aromatic carbocycles. The van der Waals surface area contributed by atoms with Gasteiger partial charge in [0, 0.05) is 12.2 Å². The van der Waals surface area contributed by atoms with Gasteiger partial charge in [0.25, 0.3) is 0 Å². The van der Waals surface area contributed by atoms with Crippen LogP contribution in [0.1, 0.15) is 24.3 Å². The summed E-state index contributed by atoms with van der Waals surface area (Å²) < 4.78 is 11.6. The SMILES string of the molecule is C=Cc1cccc(OC(OCC)c2ccccc2)c1. The maximum atomic E-state index is 5.91. The Morgan fingerprint density at radius 2 is 1.89 bits per heavy atom. The first-order valence-corrected chi connectivity index (χ1v) is 6.39. The molecule has 0 spiro atoms. The minimum atomic E-state index is -0.383. The van der Waals surface area contributed by atoms with E-state index in [0.29, 0.717) is 6.61 Å². The predicted molar refractivity (Wildman–Crippen MR) is 78.0 cm³/mol. The molecule has 0 N–H and O–H groups in total. The van der Waals surface area contributed by atoms with Crippen molar-refractivity contribution in [2.45, 2.75) is 13.2 Å². The van der Waals surface area contributed by atoms with E-state index in [2.05, 4.69) is 6.58 Å². The minimum absolute atomic E-state index is 0.383. The van der Waals surface area contributed by atoms with Gasteiger partial charge >= 0.3 is 0 Å². The van der Waals surface area contributed by atoms with Crippen molar-refractivity contribution in [2.24, 2.45) is 0 Å². The summed E-state index contributed by atoms with van der Waals surface area (Å²) in [7, 11) is 0. The second-order valence-corrected chi connectivity index (χ2v) is 4.09. The molecule has 0 bridgehead atoms. The first kappa shape index (κ1) is 13.4. The van der Waals surface area contributed by atoms with Gasteiger partial charge in [-0.15, -0.1) is 0 Å². The van der Waals surface area contributed by atoms with Crippen molar-refractivity contribution in [1.29, 1.82) is 0 Å². The van der Waals surface area contributed by atoms with Crippen molar-refractivity contribution >= 4 is 6.08 Å². The van der Waals surface area contributed by atoms with Crippen molar-refractivity contribution in [1.82, 2.24) is 0 Å². The van der Waals surface area contributed by atoms with Crippen LogP contribution in [0.3, 0.4) is 0 Å². The molecular formula is C17H18O2. The maximum absolute atomic E-state index is 5.91. The molecule has 0 amide bonds. The minimum Gasteiger partial charge on any atom is -0.461 e. The Morgan fingerprint density at radius 3 is 2.58 bits per heavy atom. The Hall–Kier alpha value is -2.06.